The molecule has 1 aliphatic heterocycles. The lowest BCUT2D eigenvalue weighted by molar-refractivity contribution is 0.0881. The Morgan fingerprint density at radius 3 is 2.89 bits per heavy atom. The summed E-state index contributed by atoms with van der Waals surface area (Å²) in [5.74, 6) is 1.08. The van der Waals surface area contributed by atoms with Crippen molar-refractivity contribution in [3.63, 3.8) is 0 Å². The van der Waals surface area contributed by atoms with Crippen LogP contribution < -0.4 is 0 Å². The quantitative estimate of drug-likeness (QED) is 0.562. The summed E-state index contributed by atoms with van der Waals surface area (Å²) in [5.41, 5.74) is 3.86. The van der Waals surface area contributed by atoms with Crippen molar-refractivity contribution in [2.24, 2.45) is 0 Å². The Hall–Kier alpha value is -2.82. The molecule has 2 unspecified atom stereocenters. The van der Waals surface area contributed by atoms with Gasteiger partial charge < -0.3 is 9.15 Å². The number of ether oxygens (including phenoxy) is 1. The fourth-order valence-electron chi connectivity index (χ4n) is 3.69. The molecule has 2 aromatic carbocycles. The van der Waals surface area contributed by atoms with Crippen LogP contribution in [0.4, 0.5) is 4.79 Å². The summed E-state index contributed by atoms with van der Waals surface area (Å²) in [4.78, 5) is 19.0. The third-order valence-electron chi connectivity index (χ3n) is 5.59. The van der Waals surface area contributed by atoms with Gasteiger partial charge in [0, 0.05) is 6.54 Å². The smallest absolute Gasteiger partial charge is 0.410 e. The van der Waals surface area contributed by atoms with Gasteiger partial charge in [0.05, 0.1) is 0 Å². The van der Waals surface area contributed by atoms with Gasteiger partial charge in [0.2, 0.25) is 5.89 Å². The zero-order valence-corrected chi connectivity index (χ0v) is 16.4. The second-order valence-corrected chi connectivity index (χ2v) is 7.48. The Kier molecular flexibility index (Phi) is 5.33. The number of oxazole rings is 1. The van der Waals surface area contributed by atoms with E-state index in [0.717, 1.165) is 35.9 Å². The fraction of sp³-hybridized carbons (Fsp3) is 0.391. The molecule has 0 bridgehead atoms. The lowest BCUT2D eigenvalue weighted by Crippen LogP contribution is -2.31. The van der Waals surface area contributed by atoms with E-state index in [9.17, 15) is 4.79 Å². The molecule has 1 saturated heterocycles. The van der Waals surface area contributed by atoms with Crippen LogP contribution in [-0.2, 0) is 11.3 Å². The van der Waals surface area contributed by atoms with Crippen LogP contribution >= 0.6 is 0 Å². The highest BCUT2D eigenvalue weighted by atomic mass is 16.6. The SMILES string of the molecule is CCC(C)c1ccc2nc(C3CCCN3C(=O)OCc3ccccc3)oc2c1. The van der Waals surface area contributed by atoms with E-state index in [0.29, 0.717) is 18.4 Å². The number of hydrogen-bond donors (Lipinski definition) is 0. The van der Waals surface area contributed by atoms with Gasteiger partial charge in [-0.15, -0.1) is 0 Å². The molecule has 1 aromatic heterocycles. The van der Waals surface area contributed by atoms with Gasteiger partial charge in [-0.2, -0.15) is 0 Å². The standard InChI is InChI=1S/C23H26N2O3/c1-3-16(2)18-11-12-19-21(14-18)28-22(24-19)20-10-7-13-25(20)23(26)27-15-17-8-5-4-6-9-17/h4-6,8-9,11-12,14,16,20H,3,7,10,13,15H2,1-2H3. The second kappa shape index (κ2) is 8.05. The van der Waals surface area contributed by atoms with Gasteiger partial charge in [-0.3, -0.25) is 4.90 Å². The minimum absolute atomic E-state index is 0.164. The molecule has 1 amide bonds. The molecule has 3 aromatic rings. The van der Waals surface area contributed by atoms with E-state index in [2.05, 4.69) is 31.0 Å². The number of amides is 1. The van der Waals surface area contributed by atoms with Gasteiger partial charge in [0.1, 0.15) is 18.2 Å². The Balaban J connectivity index is 1.50. The molecular weight excluding hydrogens is 352 g/mol. The van der Waals surface area contributed by atoms with E-state index >= 15 is 0 Å². The summed E-state index contributed by atoms with van der Waals surface area (Å²) in [6.45, 7) is 5.32. The number of hydrogen-bond acceptors (Lipinski definition) is 4. The molecule has 0 radical (unpaired) electrons. The van der Waals surface area contributed by atoms with E-state index in [-0.39, 0.29) is 18.7 Å². The highest BCUT2D eigenvalue weighted by Gasteiger charge is 2.34. The minimum Gasteiger partial charge on any atom is -0.445 e. The van der Waals surface area contributed by atoms with Gasteiger partial charge in [0.25, 0.3) is 0 Å². The Morgan fingerprint density at radius 2 is 2.11 bits per heavy atom. The summed E-state index contributed by atoms with van der Waals surface area (Å²) >= 11 is 0. The van der Waals surface area contributed by atoms with Crippen LogP contribution in [0.5, 0.6) is 0 Å². The number of benzene rings is 2. The van der Waals surface area contributed by atoms with Crippen LogP contribution in [-0.4, -0.2) is 22.5 Å². The Bertz CT molecular complexity index is 951. The monoisotopic (exact) mass is 378 g/mol. The van der Waals surface area contributed by atoms with Crippen molar-refractivity contribution in [2.45, 2.75) is 51.7 Å². The van der Waals surface area contributed by atoms with Crippen molar-refractivity contribution >= 4 is 17.2 Å². The van der Waals surface area contributed by atoms with E-state index in [4.69, 9.17) is 9.15 Å². The second-order valence-electron chi connectivity index (χ2n) is 7.48. The van der Waals surface area contributed by atoms with Crippen LogP contribution in [0.2, 0.25) is 0 Å². The predicted molar refractivity (Wildman–Crippen MR) is 108 cm³/mol. The molecule has 1 fully saturated rings. The predicted octanol–water partition coefficient (Wildman–Crippen LogP) is 5.82. The van der Waals surface area contributed by atoms with Crippen LogP contribution in [0.3, 0.4) is 0 Å². The van der Waals surface area contributed by atoms with Gasteiger partial charge in [-0.25, -0.2) is 9.78 Å². The van der Waals surface area contributed by atoms with Crippen molar-refractivity contribution in [3.05, 3.63) is 65.5 Å². The first-order valence-electron chi connectivity index (χ1n) is 10.0. The first kappa shape index (κ1) is 18.5. The largest absolute Gasteiger partial charge is 0.445 e. The van der Waals surface area contributed by atoms with Gasteiger partial charge in [-0.05, 0) is 48.4 Å². The Labute approximate surface area is 165 Å². The minimum atomic E-state index is -0.311. The summed E-state index contributed by atoms with van der Waals surface area (Å²) in [6.07, 6.45) is 2.53. The zero-order valence-electron chi connectivity index (χ0n) is 16.4. The maximum atomic E-state index is 12.6. The third-order valence-corrected chi connectivity index (χ3v) is 5.59. The number of fused-ring (bicyclic) bond motifs is 1. The van der Waals surface area contributed by atoms with Gasteiger partial charge >= 0.3 is 6.09 Å². The molecule has 146 valence electrons. The topological polar surface area (TPSA) is 55.6 Å². The maximum Gasteiger partial charge on any atom is 0.410 e. The molecule has 5 heteroatoms. The number of nitrogens with zero attached hydrogens (tertiary/aromatic N) is 2. The third kappa shape index (κ3) is 3.75. The average molecular weight is 378 g/mol. The normalized spacial score (nSPS) is 17.8. The summed E-state index contributed by atoms with van der Waals surface area (Å²) in [5, 5.41) is 0. The van der Waals surface area contributed by atoms with Crippen LogP contribution in [0.15, 0.2) is 52.9 Å². The van der Waals surface area contributed by atoms with Crippen molar-refractivity contribution < 1.29 is 13.9 Å². The van der Waals surface area contributed by atoms with E-state index < -0.39 is 0 Å². The van der Waals surface area contributed by atoms with Crippen LogP contribution in [0.1, 0.15) is 62.1 Å². The van der Waals surface area contributed by atoms with Crippen LogP contribution in [0, 0.1) is 0 Å². The van der Waals surface area contributed by atoms with Crippen molar-refractivity contribution in [1.29, 1.82) is 0 Å². The summed E-state index contributed by atoms with van der Waals surface area (Å²) in [7, 11) is 0. The molecule has 0 saturated carbocycles. The molecule has 1 aliphatic rings. The molecule has 28 heavy (non-hydrogen) atoms. The molecular formula is C23H26N2O3. The fourth-order valence-corrected chi connectivity index (χ4v) is 3.69. The van der Waals surface area contributed by atoms with E-state index in [1.165, 1.54) is 5.56 Å². The molecule has 2 heterocycles. The number of aromatic nitrogens is 1. The van der Waals surface area contributed by atoms with E-state index in [1.54, 1.807) is 4.90 Å². The van der Waals surface area contributed by atoms with Crippen molar-refractivity contribution in [1.82, 2.24) is 9.88 Å². The zero-order chi connectivity index (χ0) is 19.5. The summed E-state index contributed by atoms with van der Waals surface area (Å²) < 4.78 is 11.6. The molecule has 4 rings (SSSR count). The highest BCUT2D eigenvalue weighted by molar-refractivity contribution is 5.74. The number of carbonyl (C=O) groups excluding carboxylic acids is 1. The number of likely N-dealkylation sites (tertiary alicyclic amines) is 1. The molecule has 0 aliphatic carbocycles. The lowest BCUT2D eigenvalue weighted by Gasteiger charge is -2.21. The number of rotatable bonds is 5. The molecule has 5 nitrogen and oxygen atoms in total. The first-order chi connectivity index (χ1) is 13.7. The first-order valence-corrected chi connectivity index (χ1v) is 10.0. The lowest BCUT2D eigenvalue weighted by atomic mass is 9.99. The Morgan fingerprint density at radius 1 is 1.29 bits per heavy atom. The van der Waals surface area contributed by atoms with Gasteiger partial charge in [0.15, 0.2) is 5.58 Å². The average Bonchev–Trinajstić information content (AvgIpc) is 3.38. The van der Waals surface area contributed by atoms with Crippen molar-refractivity contribution in [3.8, 4) is 0 Å². The summed E-state index contributed by atoms with van der Waals surface area (Å²) in [6, 6.07) is 15.8. The molecule has 2 atom stereocenters. The van der Waals surface area contributed by atoms with Crippen molar-refractivity contribution in [2.75, 3.05) is 6.54 Å². The highest BCUT2D eigenvalue weighted by Crippen LogP contribution is 2.34. The number of carbonyl (C=O) groups is 1. The molecule has 0 spiro atoms. The van der Waals surface area contributed by atoms with E-state index in [1.807, 2.05) is 36.4 Å². The maximum absolute atomic E-state index is 12.6. The molecule has 0 N–H and O–H groups in total. The van der Waals surface area contributed by atoms with Gasteiger partial charge in [-0.1, -0.05) is 50.2 Å². The van der Waals surface area contributed by atoms with Crippen LogP contribution in [0.25, 0.3) is 11.1 Å².